The Morgan fingerprint density at radius 2 is 2.00 bits per heavy atom. The number of rotatable bonds is 2. The second kappa shape index (κ2) is 5.76. The molecule has 0 saturated carbocycles. The third-order valence-electron chi connectivity index (χ3n) is 2.44. The van der Waals surface area contributed by atoms with Gasteiger partial charge in [-0.05, 0) is 44.0 Å². The summed E-state index contributed by atoms with van der Waals surface area (Å²) in [5.74, 6) is -0.586. The topological polar surface area (TPSA) is 59.8 Å². The van der Waals surface area contributed by atoms with Crippen molar-refractivity contribution in [1.82, 2.24) is 14.8 Å². The fourth-order valence-corrected chi connectivity index (χ4v) is 2.55. The summed E-state index contributed by atoms with van der Waals surface area (Å²) in [6, 6.07) is 3.14. The zero-order valence-electron chi connectivity index (χ0n) is 10.4. The molecule has 1 amide bonds. The van der Waals surface area contributed by atoms with Gasteiger partial charge in [-0.3, -0.25) is 9.48 Å². The van der Waals surface area contributed by atoms with Crippen LogP contribution in [0, 0.1) is 0 Å². The molecule has 112 valence electrons. The predicted molar refractivity (Wildman–Crippen MR) is 75.8 cm³/mol. The van der Waals surface area contributed by atoms with Gasteiger partial charge in [-0.25, -0.2) is 4.98 Å². The van der Waals surface area contributed by atoms with Gasteiger partial charge in [-0.1, -0.05) is 0 Å². The zero-order valence-corrected chi connectivity index (χ0v) is 13.5. The first-order valence-corrected chi connectivity index (χ1v) is 7.01. The van der Waals surface area contributed by atoms with Crippen LogP contribution < -0.4 is 5.32 Å². The van der Waals surface area contributed by atoms with Crippen LogP contribution >= 0.6 is 31.9 Å². The lowest BCUT2D eigenvalue weighted by atomic mass is 10.3. The van der Waals surface area contributed by atoms with E-state index in [4.69, 9.17) is 0 Å². The average molecular weight is 428 g/mol. The number of anilines is 1. The molecule has 0 aliphatic rings. The van der Waals surface area contributed by atoms with Crippen molar-refractivity contribution in [3.63, 3.8) is 0 Å². The van der Waals surface area contributed by atoms with Gasteiger partial charge >= 0.3 is 6.18 Å². The van der Waals surface area contributed by atoms with Gasteiger partial charge in [-0.2, -0.15) is 18.3 Å². The van der Waals surface area contributed by atoms with Crippen LogP contribution in [0.1, 0.15) is 16.2 Å². The molecule has 0 aliphatic carbocycles. The van der Waals surface area contributed by atoms with Gasteiger partial charge in [0.25, 0.3) is 5.91 Å². The molecule has 2 heterocycles. The van der Waals surface area contributed by atoms with Crippen molar-refractivity contribution in [2.24, 2.45) is 7.05 Å². The summed E-state index contributed by atoms with van der Waals surface area (Å²) >= 11 is 5.95. The molecule has 0 unspecified atom stereocenters. The molecule has 0 bridgehead atoms. The summed E-state index contributed by atoms with van der Waals surface area (Å²) in [6.45, 7) is 0. The maximum absolute atomic E-state index is 12.8. The molecule has 1 N–H and O–H groups in total. The second-order valence-corrected chi connectivity index (χ2v) is 5.66. The molecule has 21 heavy (non-hydrogen) atoms. The van der Waals surface area contributed by atoms with Crippen molar-refractivity contribution in [2.45, 2.75) is 6.18 Å². The van der Waals surface area contributed by atoms with Gasteiger partial charge in [-0.15, -0.1) is 0 Å². The maximum Gasteiger partial charge on any atom is 0.434 e. The van der Waals surface area contributed by atoms with Crippen LogP contribution in [0.2, 0.25) is 0 Å². The monoisotopic (exact) mass is 426 g/mol. The molecule has 0 aromatic carbocycles. The van der Waals surface area contributed by atoms with Crippen LogP contribution in [0.5, 0.6) is 0 Å². The first-order chi connectivity index (χ1) is 9.70. The highest BCUT2D eigenvalue weighted by Crippen LogP contribution is 2.36. The molecular weight excluding hydrogens is 421 g/mol. The SMILES string of the molecule is Cn1nc(C(=O)Nc2ccc(Br)cn2)c(Br)c1C(F)(F)F. The number of amides is 1. The maximum atomic E-state index is 12.8. The summed E-state index contributed by atoms with van der Waals surface area (Å²) in [5.41, 5.74) is -1.40. The second-order valence-electron chi connectivity index (χ2n) is 3.95. The van der Waals surface area contributed by atoms with Gasteiger partial charge in [0.15, 0.2) is 11.4 Å². The summed E-state index contributed by atoms with van der Waals surface area (Å²) < 4.78 is 39.4. The van der Waals surface area contributed by atoms with E-state index in [1.54, 1.807) is 6.07 Å². The van der Waals surface area contributed by atoms with Crippen molar-refractivity contribution in [3.05, 3.63) is 38.7 Å². The lowest BCUT2D eigenvalue weighted by molar-refractivity contribution is -0.144. The van der Waals surface area contributed by atoms with Gasteiger partial charge < -0.3 is 5.32 Å². The first kappa shape index (κ1) is 16.0. The van der Waals surface area contributed by atoms with Crippen LogP contribution in [-0.4, -0.2) is 20.7 Å². The van der Waals surface area contributed by atoms with Gasteiger partial charge in [0.05, 0.1) is 4.47 Å². The van der Waals surface area contributed by atoms with Crippen LogP contribution in [-0.2, 0) is 13.2 Å². The van der Waals surface area contributed by atoms with Gasteiger partial charge in [0.2, 0.25) is 0 Å². The number of carbonyl (C=O) groups excluding carboxylic acids is 1. The lowest BCUT2D eigenvalue weighted by Gasteiger charge is -2.06. The molecule has 2 aromatic rings. The summed E-state index contributed by atoms with van der Waals surface area (Å²) in [4.78, 5) is 15.9. The number of halogens is 5. The normalized spacial score (nSPS) is 11.5. The quantitative estimate of drug-likeness (QED) is 0.796. The van der Waals surface area contributed by atoms with Crippen LogP contribution in [0.3, 0.4) is 0 Å². The number of nitrogens with zero attached hydrogens (tertiary/aromatic N) is 3. The highest BCUT2D eigenvalue weighted by molar-refractivity contribution is 9.10. The Morgan fingerprint density at radius 1 is 1.33 bits per heavy atom. The molecule has 10 heteroatoms. The Kier molecular flexibility index (Phi) is 4.38. The first-order valence-electron chi connectivity index (χ1n) is 5.42. The Labute approximate surface area is 133 Å². The molecule has 0 spiro atoms. The number of aromatic nitrogens is 3. The minimum absolute atomic E-state index is 0.203. The fourth-order valence-electron chi connectivity index (χ4n) is 1.58. The Balaban J connectivity index is 2.30. The molecule has 2 aromatic heterocycles. The van der Waals surface area contributed by atoms with E-state index in [1.165, 1.54) is 12.3 Å². The van der Waals surface area contributed by atoms with E-state index in [0.717, 1.165) is 7.05 Å². The fraction of sp³-hybridized carbons (Fsp3) is 0.182. The van der Waals surface area contributed by atoms with Gasteiger partial charge in [0, 0.05) is 17.7 Å². The molecule has 0 radical (unpaired) electrons. The van der Waals surface area contributed by atoms with Crippen LogP contribution in [0.4, 0.5) is 19.0 Å². The largest absolute Gasteiger partial charge is 0.434 e. The molecule has 0 saturated heterocycles. The van der Waals surface area contributed by atoms with Crippen molar-refractivity contribution in [3.8, 4) is 0 Å². The third kappa shape index (κ3) is 3.43. The van der Waals surface area contributed by atoms with E-state index >= 15 is 0 Å². The average Bonchev–Trinajstić information content (AvgIpc) is 2.67. The highest BCUT2D eigenvalue weighted by Gasteiger charge is 2.39. The summed E-state index contributed by atoms with van der Waals surface area (Å²) in [5, 5.41) is 5.97. The number of hydrogen-bond acceptors (Lipinski definition) is 3. The van der Waals surface area contributed by atoms with E-state index < -0.39 is 22.3 Å². The summed E-state index contributed by atoms with van der Waals surface area (Å²) in [7, 11) is 1.11. The van der Waals surface area contributed by atoms with Crippen LogP contribution in [0.15, 0.2) is 27.3 Å². The van der Waals surface area contributed by atoms with Crippen molar-refractivity contribution in [1.29, 1.82) is 0 Å². The molecule has 0 atom stereocenters. The van der Waals surface area contributed by atoms with Crippen molar-refractivity contribution < 1.29 is 18.0 Å². The molecule has 0 aliphatic heterocycles. The number of aryl methyl sites for hydroxylation is 1. The lowest BCUT2D eigenvalue weighted by Crippen LogP contribution is -2.14. The minimum atomic E-state index is -4.62. The van der Waals surface area contributed by atoms with E-state index in [0.29, 0.717) is 9.15 Å². The smallest absolute Gasteiger partial charge is 0.305 e. The zero-order chi connectivity index (χ0) is 15.8. The van der Waals surface area contributed by atoms with E-state index in [-0.39, 0.29) is 11.5 Å². The number of carbonyl (C=O) groups is 1. The predicted octanol–water partition coefficient (Wildman–Crippen LogP) is 3.61. The van der Waals surface area contributed by atoms with E-state index in [9.17, 15) is 18.0 Å². The highest BCUT2D eigenvalue weighted by atomic mass is 79.9. The molecule has 0 fully saturated rings. The Hall–Kier alpha value is -1.42. The van der Waals surface area contributed by atoms with Crippen molar-refractivity contribution >= 4 is 43.6 Å². The summed E-state index contributed by atoms with van der Waals surface area (Å²) in [6.07, 6.45) is -3.17. The number of hydrogen-bond donors (Lipinski definition) is 1. The molecule has 5 nitrogen and oxygen atoms in total. The third-order valence-corrected chi connectivity index (χ3v) is 3.66. The Bertz CT molecular complexity index is 682. The van der Waals surface area contributed by atoms with Crippen LogP contribution in [0.25, 0.3) is 0 Å². The Morgan fingerprint density at radius 3 is 2.48 bits per heavy atom. The number of alkyl halides is 3. The van der Waals surface area contributed by atoms with Crippen molar-refractivity contribution in [2.75, 3.05) is 5.32 Å². The van der Waals surface area contributed by atoms with Gasteiger partial charge in [0.1, 0.15) is 5.82 Å². The molecular formula is C11H7Br2F3N4O. The minimum Gasteiger partial charge on any atom is -0.305 e. The van der Waals surface area contributed by atoms with E-state index in [2.05, 4.69) is 47.3 Å². The molecule has 2 rings (SSSR count). The number of nitrogens with one attached hydrogen (secondary N) is 1. The van der Waals surface area contributed by atoms with E-state index in [1.807, 2.05) is 0 Å². The standard InChI is InChI=1S/C11H7Br2F3N4O/c1-20-9(11(14,15)16)7(13)8(19-20)10(21)18-6-3-2-5(12)4-17-6/h2-4H,1H3,(H,17,18,21). The number of pyridine rings is 1.